The van der Waals surface area contributed by atoms with Gasteiger partial charge in [0, 0.05) is 25.7 Å². The van der Waals surface area contributed by atoms with Gasteiger partial charge in [-0.2, -0.15) is 0 Å². The van der Waals surface area contributed by atoms with E-state index in [-0.39, 0.29) is 6.09 Å². The monoisotopic (exact) mass is 296 g/mol. The van der Waals surface area contributed by atoms with Gasteiger partial charge < -0.3 is 15.0 Å². The Labute approximate surface area is 129 Å². The van der Waals surface area contributed by atoms with Crippen molar-refractivity contribution >= 4 is 6.09 Å². The van der Waals surface area contributed by atoms with E-state index in [1.54, 1.807) is 0 Å². The topological polar surface area (TPSA) is 41.6 Å². The summed E-state index contributed by atoms with van der Waals surface area (Å²) in [6.45, 7) is 10.9. The highest BCUT2D eigenvalue weighted by Gasteiger charge is 2.40. The molecular weight excluding hydrogens is 264 g/mol. The van der Waals surface area contributed by atoms with Crippen LogP contribution in [0, 0.1) is 5.41 Å². The number of ether oxygens (including phenoxy) is 1. The number of amides is 1. The Hall–Kier alpha value is -0.770. The Kier molecular flexibility index (Phi) is 5.18. The van der Waals surface area contributed by atoms with E-state index >= 15 is 0 Å². The summed E-state index contributed by atoms with van der Waals surface area (Å²) in [5.74, 6) is 0. The first-order valence-corrected chi connectivity index (χ1v) is 8.56. The summed E-state index contributed by atoms with van der Waals surface area (Å²) in [4.78, 5) is 14.3. The van der Waals surface area contributed by atoms with Crippen molar-refractivity contribution in [3.05, 3.63) is 0 Å². The van der Waals surface area contributed by atoms with Gasteiger partial charge >= 0.3 is 6.09 Å². The summed E-state index contributed by atoms with van der Waals surface area (Å²) in [6, 6.07) is 0.293. The van der Waals surface area contributed by atoms with Crippen molar-refractivity contribution in [3.63, 3.8) is 0 Å². The van der Waals surface area contributed by atoms with Crippen LogP contribution < -0.4 is 5.32 Å². The third-order valence-electron chi connectivity index (χ3n) is 4.84. The van der Waals surface area contributed by atoms with Gasteiger partial charge in [0.25, 0.3) is 0 Å². The number of carbonyl (C=O) groups is 1. The standard InChI is InChI=1S/C17H32N2O2/c1-5-17(9-10-17)13-18-12-14-8-6-7-11-19(14)15(20)21-16(2,3)4/h14,18H,5-13H2,1-4H3. The molecule has 1 saturated heterocycles. The second kappa shape index (κ2) is 6.55. The molecule has 0 radical (unpaired) electrons. The molecule has 1 saturated carbocycles. The molecule has 4 nitrogen and oxygen atoms in total. The van der Waals surface area contributed by atoms with Crippen LogP contribution in [-0.4, -0.2) is 42.3 Å². The van der Waals surface area contributed by atoms with Crippen molar-refractivity contribution in [1.82, 2.24) is 10.2 Å². The lowest BCUT2D eigenvalue weighted by Crippen LogP contribution is -2.50. The maximum atomic E-state index is 12.3. The zero-order valence-electron chi connectivity index (χ0n) is 14.2. The number of rotatable bonds is 5. The van der Waals surface area contributed by atoms with Gasteiger partial charge in [0.2, 0.25) is 0 Å². The predicted octanol–water partition coefficient (Wildman–Crippen LogP) is 3.56. The molecule has 0 aromatic carbocycles. The largest absolute Gasteiger partial charge is 0.444 e. The smallest absolute Gasteiger partial charge is 0.410 e. The molecule has 122 valence electrons. The molecule has 2 rings (SSSR count). The number of hydrogen-bond acceptors (Lipinski definition) is 3. The van der Waals surface area contributed by atoms with E-state index in [2.05, 4.69) is 12.2 Å². The van der Waals surface area contributed by atoms with Crippen LogP contribution in [0.15, 0.2) is 0 Å². The average molecular weight is 296 g/mol. The average Bonchev–Trinajstić information content (AvgIpc) is 3.18. The van der Waals surface area contributed by atoms with E-state index in [4.69, 9.17) is 4.74 Å². The Bertz CT molecular complexity index is 358. The summed E-state index contributed by atoms with van der Waals surface area (Å²) in [6.07, 6.45) is 7.23. The molecule has 2 fully saturated rings. The molecule has 1 aliphatic carbocycles. The second-order valence-electron chi connectivity index (χ2n) is 7.81. The van der Waals surface area contributed by atoms with Crippen molar-refractivity contribution in [2.24, 2.45) is 5.41 Å². The maximum Gasteiger partial charge on any atom is 0.410 e. The molecule has 0 bridgehead atoms. The quantitative estimate of drug-likeness (QED) is 0.843. The molecule has 0 aromatic heterocycles. The fourth-order valence-electron chi connectivity index (χ4n) is 3.11. The van der Waals surface area contributed by atoms with E-state index in [1.165, 1.54) is 25.7 Å². The lowest BCUT2D eigenvalue weighted by Gasteiger charge is -2.37. The molecule has 0 aromatic rings. The highest BCUT2D eigenvalue weighted by atomic mass is 16.6. The lowest BCUT2D eigenvalue weighted by molar-refractivity contribution is 0.00986. The first kappa shape index (κ1) is 16.6. The first-order chi connectivity index (χ1) is 9.85. The van der Waals surface area contributed by atoms with Crippen molar-refractivity contribution < 1.29 is 9.53 Å². The third kappa shape index (κ3) is 4.87. The molecule has 0 spiro atoms. The minimum absolute atomic E-state index is 0.148. The van der Waals surface area contributed by atoms with Crippen LogP contribution in [0.4, 0.5) is 4.79 Å². The van der Waals surface area contributed by atoms with Crippen molar-refractivity contribution in [2.45, 2.75) is 77.9 Å². The molecule has 1 N–H and O–H groups in total. The SMILES string of the molecule is CCC1(CNCC2CCCCN2C(=O)OC(C)(C)C)CC1. The normalized spacial score (nSPS) is 24.8. The minimum Gasteiger partial charge on any atom is -0.444 e. The van der Waals surface area contributed by atoms with E-state index in [1.807, 2.05) is 25.7 Å². The first-order valence-electron chi connectivity index (χ1n) is 8.56. The van der Waals surface area contributed by atoms with Crippen LogP contribution >= 0.6 is 0 Å². The number of hydrogen-bond donors (Lipinski definition) is 1. The van der Waals surface area contributed by atoms with Crippen molar-refractivity contribution in [1.29, 1.82) is 0 Å². The van der Waals surface area contributed by atoms with Gasteiger partial charge in [0.1, 0.15) is 5.60 Å². The fourth-order valence-corrected chi connectivity index (χ4v) is 3.11. The van der Waals surface area contributed by atoms with Gasteiger partial charge in [-0.05, 0) is 64.7 Å². The highest BCUT2D eigenvalue weighted by molar-refractivity contribution is 5.68. The van der Waals surface area contributed by atoms with Crippen LogP contribution in [0.2, 0.25) is 0 Å². The van der Waals surface area contributed by atoms with E-state index in [9.17, 15) is 4.79 Å². The van der Waals surface area contributed by atoms with Gasteiger partial charge in [-0.1, -0.05) is 6.92 Å². The molecule has 2 aliphatic rings. The lowest BCUT2D eigenvalue weighted by atomic mass is 10.0. The summed E-state index contributed by atoms with van der Waals surface area (Å²) < 4.78 is 5.55. The third-order valence-corrected chi connectivity index (χ3v) is 4.84. The van der Waals surface area contributed by atoms with Crippen LogP contribution in [0.3, 0.4) is 0 Å². The van der Waals surface area contributed by atoms with Crippen molar-refractivity contribution in [2.75, 3.05) is 19.6 Å². The Morgan fingerprint density at radius 3 is 2.62 bits per heavy atom. The molecular formula is C17H32N2O2. The number of piperidine rings is 1. The number of nitrogens with zero attached hydrogens (tertiary/aromatic N) is 1. The Balaban J connectivity index is 1.82. The minimum atomic E-state index is -0.410. The van der Waals surface area contributed by atoms with E-state index in [0.29, 0.717) is 11.5 Å². The fraction of sp³-hybridized carbons (Fsp3) is 0.941. The molecule has 1 unspecified atom stereocenters. The van der Waals surface area contributed by atoms with Gasteiger partial charge in [-0.25, -0.2) is 4.79 Å². The zero-order chi connectivity index (χ0) is 15.5. The number of likely N-dealkylation sites (tertiary alicyclic amines) is 1. The van der Waals surface area contributed by atoms with E-state index < -0.39 is 5.60 Å². The van der Waals surface area contributed by atoms with E-state index in [0.717, 1.165) is 32.5 Å². The maximum absolute atomic E-state index is 12.3. The summed E-state index contributed by atoms with van der Waals surface area (Å²) in [5.41, 5.74) is 0.151. The van der Waals surface area contributed by atoms with Gasteiger partial charge in [0.05, 0.1) is 0 Å². The van der Waals surface area contributed by atoms with Gasteiger partial charge in [-0.3, -0.25) is 0 Å². The van der Waals surface area contributed by atoms with Gasteiger partial charge in [0.15, 0.2) is 0 Å². The number of nitrogens with one attached hydrogen (secondary N) is 1. The van der Waals surface area contributed by atoms with Crippen LogP contribution in [0.1, 0.15) is 66.2 Å². The Morgan fingerprint density at radius 1 is 1.33 bits per heavy atom. The second-order valence-corrected chi connectivity index (χ2v) is 7.81. The molecule has 1 heterocycles. The molecule has 4 heteroatoms. The zero-order valence-corrected chi connectivity index (χ0v) is 14.2. The molecule has 1 atom stereocenters. The summed E-state index contributed by atoms with van der Waals surface area (Å²) in [7, 11) is 0. The summed E-state index contributed by atoms with van der Waals surface area (Å²) >= 11 is 0. The number of carbonyl (C=O) groups excluding carboxylic acids is 1. The van der Waals surface area contributed by atoms with Crippen LogP contribution in [-0.2, 0) is 4.74 Å². The van der Waals surface area contributed by atoms with Crippen LogP contribution in [0.25, 0.3) is 0 Å². The highest BCUT2D eigenvalue weighted by Crippen LogP contribution is 2.47. The van der Waals surface area contributed by atoms with Gasteiger partial charge in [-0.15, -0.1) is 0 Å². The molecule has 1 aliphatic heterocycles. The summed E-state index contributed by atoms with van der Waals surface area (Å²) in [5, 5.41) is 3.61. The molecule has 1 amide bonds. The Morgan fingerprint density at radius 2 is 2.05 bits per heavy atom. The predicted molar refractivity (Wildman–Crippen MR) is 85.4 cm³/mol. The molecule has 21 heavy (non-hydrogen) atoms. The van der Waals surface area contributed by atoms with Crippen molar-refractivity contribution in [3.8, 4) is 0 Å². The van der Waals surface area contributed by atoms with Crippen LogP contribution in [0.5, 0.6) is 0 Å².